The minimum absolute atomic E-state index is 0.0375. The van der Waals surface area contributed by atoms with Crippen LogP contribution in [0.4, 0.5) is 0 Å². The topological polar surface area (TPSA) is 55.1 Å². The van der Waals surface area contributed by atoms with E-state index in [0.717, 1.165) is 25.2 Å². The van der Waals surface area contributed by atoms with Crippen LogP contribution in [-0.2, 0) is 4.79 Å². The van der Waals surface area contributed by atoms with Crippen LogP contribution in [0.15, 0.2) is 0 Å². The predicted octanol–water partition coefficient (Wildman–Crippen LogP) is 2.05. The van der Waals surface area contributed by atoms with E-state index >= 15 is 0 Å². The summed E-state index contributed by atoms with van der Waals surface area (Å²) in [4.78, 5) is 11.8. The quantitative estimate of drug-likeness (QED) is 0.754. The smallest absolute Gasteiger partial charge is 0.237 e. The van der Waals surface area contributed by atoms with Gasteiger partial charge in [-0.15, -0.1) is 0 Å². The van der Waals surface area contributed by atoms with Gasteiger partial charge in [0.15, 0.2) is 0 Å². The van der Waals surface area contributed by atoms with Gasteiger partial charge in [0.05, 0.1) is 6.04 Å². The van der Waals surface area contributed by atoms with Crippen molar-refractivity contribution in [3.05, 3.63) is 0 Å². The van der Waals surface area contributed by atoms with Gasteiger partial charge in [-0.2, -0.15) is 0 Å². The molecule has 3 N–H and O–H groups in total. The molecule has 1 amide bonds. The first kappa shape index (κ1) is 13.5. The number of carbonyl (C=O) groups is 1. The van der Waals surface area contributed by atoms with E-state index in [-0.39, 0.29) is 11.9 Å². The Morgan fingerprint density at radius 1 is 1.44 bits per heavy atom. The maximum atomic E-state index is 11.8. The molecular formula is C13H26N2O. The number of carbonyl (C=O) groups excluding carboxylic acids is 1. The molecule has 1 aliphatic carbocycles. The number of nitrogens with one attached hydrogen (secondary N) is 1. The average molecular weight is 226 g/mol. The van der Waals surface area contributed by atoms with Crippen molar-refractivity contribution in [3.8, 4) is 0 Å². The third-order valence-electron chi connectivity index (χ3n) is 4.02. The fraction of sp³-hybridized carbons (Fsp3) is 0.923. The van der Waals surface area contributed by atoms with Gasteiger partial charge >= 0.3 is 0 Å². The van der Waals surface area contributed by atoms with Gasteiger partial charge < -0.3 is 11.1 Å². The first-order valence-electron chi connectivity index (χ1n) is 6.66. The second-order valence-corrected chi connectivity index (χ2v) is 5.12. The minimum Gasteiger partial charge on any atom is -0.352 e. The molecule has 0 spiro atoms. The number of hydrogen-bond acceptors (Lipinski definition) is 2. The molecule has 16 heavy (non-hydrogen) atoms. The van der Waals surface area contributed by atoms with Crippen molar-refractivity contribution in [3.63, 3.8) is 0 Å². The normalized spacial score (nSPS) is 31.4. The van der Waals surface area contributed by atoms with Crippen LogP contribution in [0.25, 0.3) is 0 Å². The Hall–Kier alpha value is -0.570. The van der Waals surface area contributed by atoms with Crippen LogP contribution < -0.4 is 11.1 Å². The van der Waals surface area contributed by atoms with Crippen molar-refractivity contribution < 1.29 is 4.79 Å². The maximum absolute atomic E-state index is 11.8. The van der Waals surface area contributed by atoms with Gasteiger partial charge in [0, 0.05) is 6.04 Å². The lowest BCUT2D eigenvalue weighted by Crippen LogP contribution is -2.46. The lowest BCUT2D eigenvalue weighted by atomic mass is 9.93. The lowest BCUT2D eigenvalue weighted by Gasteiger charge is -2.22. The van der Waals surface area contributed by atoms with Gasteiger partial charge in [0.2, 0.25) is 5.91 Å². The van der Waals surface area contributed by atoms with E-state index in [2.05, 4.69) is 26.1 Å². The summed E-state index contributed by atoms with van der Waals surface area (Å²) in [5, 5.41) is 3.11. The van der Waals surface area contributed by atoms with Crippen molar-refractivity contribution in [2.75, 3.05) is 0 Å². The summed E-state index contributed by atoms with van der Waals surface area (Å²) in [6.45, 7) is 6.53. The van der Waals surface area contributed by atoms with Gasteiger partial charge in [-0.05, 0) is 31.1 Å². The molecule has 0 radical (unpaired) electrons. The van der Waals surface area contributed by atoms with Gasteiger partial charge in [0.1, 0.15) is 0 Å². The Kier molecular flexibility index (Phi) is 5.26. The fourth-order valence-electron chi connectivity index (χ4n) is 2.76. The predicted molar refractivity (Wildman–Crippen MR) is 67.0 cm³/mol. The molecule has 1 saturated carbocycles. The van der Waals surface area contributed by atoms with E-state index < -0.39 is 0 Å². The van der Waals surface area contributed by atoms with Crippen molar-refractivity contribution >= 4 is 5.91 Å². The average Bonchev–Trinajstić information content (AvgIpc) is 2.60. The summed E-state index contributed by atoms with van der Waals surface area (Å²) >= 11 is 0. The zero-order valence-electron chi connectivity index (χ0n) is 10.8. The maximum Gasteiger partial charge on any atom is 0.237 e. The Bertz CT molecular complexity index is 230. The van der Waals surface area contributed by atoms with Crippen LogP contribution in [0.1, 0.15) is 52.9 Å². The molecule has 0 aromatic heterocycles. The zero-order valence-corrected chi connectivity index (χ0v) is 10.8. The van der Waals surface area contributed by atoms with Gasteiger partial charge in [-0.25, -0.2) is 0 Å². The number of amides is 1. The van der Waals surface area contributed by atoms with Crippen LogP contribution in [-0.4, -0.2) is 18.0 Å². The largest absolute Gasteiger partial charge is 0.352 e. The van der Waals surface area contributed by atoms with E-state index in [0.29, 0.717) is 12.0 Å². The summed E-state index contributed by atoms with van der Waals surface area (Å²) in [6, 6.07) is 0.0261. The van der Waals surface area contributed by atoms with Gasteiger partial charge in [-0.3, -0.25) is 4.79 Å². The molecule has 0 aliphatic heterocycles. The molecule has 94 valence electrons. The van der Waals surface area contributed by atoms with E-state index in [4.69, 9.17) is 5.73 Å². The van der Waals surface area contributed by atoms with Gasteiger partial charge in [-0.1, -0.05) is 33.6 Å². The molecule has 3 heteroatoms. The second kappa shape index (κ2) is 6.24. The van der Waals surface area contributed by atoms with Crippen molar-refractivity contribution in [1.82, 2.24) is 5.32 Å². The third-order valence-corrected chi connectivity index (χ3v) is 4.02. The highest BCUT2D eigenvalue weighted by atomic mass is 16.2. The number of rotatable bonds is 5. The van der Waals surface area contributed by atoms with Crippen LogP contribution in [0, 0.1) is 11.8 Å². The molecule has 0 heterocycles. The van der Waals surface area contributed by atoms with Crippen LogP contribution in [0.3, 0.4) is 0 Å². The first-order valence-corrected chi connectivity index (χ1v) is 6.66. The molecule has 1 fully saturated rings. The standard InChI is InChI=1S/C13H26N2O/c1-4-6-11(14)13(16)15-12-8-7-10(5-2)9(12)3/h9-12H,4-8,14H2,1-3H3,(H,15,16). The Morgan fingerprint density at radius 2 is 2.12 bits per heavy atom. The Labute approximate surface area is 99.2 Å². The highest BCUT2D eigenvalue weighted by Gasteiger charge is 2.32. The molecule has 4 atom stereocenters. The van der Waals surface area contributed by atoms with Crippen LogP contribution >= 0.6 is 0 Å². The van der Waals surface area contributed by atoms with Crippen LogP contribution in [0.2, 0.25) is 0 Å². The van der Waals surface area contributed by atoms with Gasteiger partial charge in [0.25, 0.3) is 0 Å². The van der Waals surface area contributed by atoms with Crippen molar-refractivity contribution in [2.24, 2.45) is 17.6 Å². The molecule has 0 saturated heterocycles. The highest BCUT2D eigenvalue weighted by molar-refractivity contribution is 5.81. The number of hydrogen-bond donors (Lipinski definition) is 2. The molecule has 0 bridgehead atoms. The molecule has 1 aliphatic rings. The second-order valence-electron chi connectivity index (χ2n) is 5.12. The summed E-state index contributed by atoms with van der Waals surface area (Å²) < 4.78 is 0. The van der Waals surface area contributed by atoms with Crippen molar-refractivity contribution in [2.45, 2.75) is 65.0 Å². The Morgan fingerprint density at radius 3 is 2.62 bits per heavy atom. The molecule has 0 aromatic carbocycles. The van der Waals surface area contributed by atoms with E-state index in [1.807, 2.05) is 0 Å². The summed E-state index contributed by atoms with van der Waals surface area (Å²) in [7, 11) is 0. The molecule has 0 aromatic rings. The lowest BCUT2D eigenvalue weighted by molar-refractivity contribution is -0.123. The summed E-state index contributed by atoms with van der Waals surface area (Å²) in [5.74, 6) is 1.41. The Balaban J connectivity index is 2.40. The first-order chi connectivity index (χ1) is 7.60. The number of nitrogens with two attached hydrogens (primary N) is 1. The van der Waals surface area contributed by atoms with Crippen molar-refractivity contribution in [1.29, 1.82) is 0 Å². The van der Waals surface area contributed by atoms with E-state index in [1.165, 1.54) is 12.8 Å². The third kappa shape index (κ3) is 3.21. The minimum atomic E-state index is -0.321. The summed E-state index contributed by atoms with van der Waals surface area (Å²) in [5.41, 5.74) is 5.81. The zero-order chi connectivity index (χ0) is 12.1. The molecule has 1 rings (SSSR count). The summed E-state index contributed by atoms with van der Waals surface area (Å²) in [6.07, 6.45) is 5.32. The van der Waals surface area contributed by atoms with E-state index in [1.54, 1.807) is 0 Å². The molecule has 4 unspecified atom stereocenters. The fourth-order valence-corrected chi connectivity index (χ4v) is 2.76. The molecular weight excluding hydrogens is 200 g/mol. The SMILES string of the molecule is CCCC(N)C(=O)NC1CCC(CC)C1C. The van der Waals surface area contributed by atoms with E-state index in [9.17, 15) is 4.79 Å². The molecule has 3 nitrogen and oxygen atoms in total. The monoisotopic (exact) mass is 226 g/mol. The highest BCUT2D eigenvalue weighted by Crippen LogP contribution is 2.33. The van der Waals surface area contributed by atoms with Crippen LogP contribution in [0.5, 0.6) is 0 Å².